The molecule has 6 nitrogen and oxygen atoms in total. The molecular formula is C55H86O6. The van der Waals surface area contributed by atoms with Gasteiger partial charge in [-0.15, -0.1) is 0 Å². The van der Waals surface area contributed by atoms with Crippen molar-refractivity contribution in [2.45, 2.75) is 194 Å². The van der Waals surface area contributed by atoms with Crippen LogP contribution in [0.3, 0.4) is 0 Å². The first-order valence-corrected chi connectivity index (χ1v) is 24.2. The Morgan fingerprint density at radius 1 is 0.344 bits per heavy atom. The Bertz CT molecular complexity index is 1340. The van der Waals surface area contributed by atoms with E-state index in [4.69, 9.17) is 14.2 Å². The zero-order valence-electron chi connectivity index (χ0n) is 38.9. The number of rotatable bonds is 41. The summed E-state index contributed by atoms with van der Waals surface area (Å²) >= 11 is 0. The molecule has 0 rings (SSSR count). The molecule has 0 bridgehead atoms. The fourth-order valence-electron chi connectivity index (χ4n) is 5.98. The van der Waals surface area contributed by atoms with Gasteiger partial charge in [-0.05, 0) is 83.5 Å². The van der Waals surface area contributed by atoms with Crippen LogP contribution in [0.2, 0.25) is 0 Å². The summed E-state index contributed by atoms with van der Waals surface area (Å²) in [5.41, 5.74) is 0. The summed E-state index contributed by atoms with van der Waals surface area (Å²) in [6.45, 7) is 6.31. The molecule has 0 saturated carbocycles. The molecule has 1 atom stereocenters. The molecule has 0 radical (unpaired) electrons. The molecule has 0 N–H and O–H groups in total. The quantitative estimate of drug-likeness (QED) is 0.0201. The average Bonchev–Trinajstić information content (AvgIpc) is 3.26. The average molecular weight is 843 g/mol. The van der Waals surface area contributed by atoms with Gasteiger partial charge in [-0.25, -0.2) is 0 Å². The Labute approximate surface area is 373 Å². The Morgan fingerprint density at radius 2 is 0.672 bits per heavy atom. The summed E-state index contributed by atoms with van der Waals surface area (Å²) in [5.74, 6) is -1.00. The highest BCUT2D eigenvalue weighted by Crippen LogP contribution is 2.12. The highest BCUT2D eigenvalue weighted by Gasteiger charge is 2.19. The van der Waals surface area contributed by atoms with Crippen molar-refractivity contribution in [3.8, 4) is 0 Å². The lowest BCUT2D eigenvalue weighted by molar-refractivity contribution is -0.167. The lowest BCUT2D eigenvalue weighted by atomic mass is 10.1. The Balaban J connectivity index is 4.53. The Hall–Kier alpha value is -4.19. The molecule has 0 aromatic rings. The van der Waals surface area contributed by atoms with Crippen molar-refractivity contribution in [2.75, 3.05) is 13.2 Å². The van der Waals surface area contributed by atoms with Crippen LogP contribution in [0.25, 0.3) is 0 Å². The van der Waals surface area contributed by atoms with Gasteiger partial charge in [0.15, 0.2) is 6.10 Å². The van der Waals surface area contributed by atoms with E-state index in [0.717, 1.165) is 109 Å². The maximum atomic E-state index is 12.7. The molecule has 1 unspecified atom stereocenters. The van der Waals surface area contributed by atoms with E-state index in [-0.39, 0.29) is 37.5 Å². The molecule has 0 aromatic carbocycles. The third kappa shape index (κ3) is 46.7. The number of unbranched alkanes of at least 4 members (excludes halogenated alkanes) is 17. The maximum Gasteiger partial charge on any atom is 0.306 e. The van der Waals surface area contributed by atoms with Crippen LogP contribution in [0.15, 0.2) is 122 Å². The molecular weight excluding hydrogens is 757 g/mol. The normalized spacial score (nSPS) is 13.2. The Morgan fingerprint density at radius 3 is 1.11 bits per heavy atom. The first-order chi connectivity index (χ1) is 30.0. The molecule has 0 aliphatic rings. The van der Waals surface area contributed by atoms with Crippen LogP contribution in [0.1, 0.15) is 188 Å². The molecule has 0 amide bonds. The summed E-state index contributed by atoms with van der Waals surface area (Å²) in [7, 11) is 0. The van der Waals surface area contributed by atoms with Crippen molar-refractivity contribution in [1.29, 1.82) is 0 Å². The van der Waals surface area contributed by atoms with Crippen LogP contribution in [-0.2, 0) is 28.6 Å². The zero-order valence-corrected chi connectivity index (χ0v) is 38.9. The number of esters is 3. The van der Waals surface area contributed by atoms with E-state index < -0.39 is 6.10 Å². The molecule has 0 spiro atoms. The summed E-state index contributed by atoms with van der Waals surface area (Å²) in [4.78, 5) is 37.8. The second kappa shape index (κ2) is 48.5. The van der Waals surface area contributed by atoms with Gasteiger partial charge < -0.3 is 14.2 Å². The highest BCUT2D eigenvalue weighted by atomic mass is 16.6. The predicted octanol–water partition coefficient (Wildman–Crippen LogP) is 15.7. The van der Waals surface area contributed by atoms with Crippen molar-refractivity contribution >= 4 is 17.9 Å². The summed E-state index contributed by atoms with van der Waals surface area (Å²) in [6.07, 6.45) is 66.0. The number of hydrogen-bond acceptors (Lipinski definition) is 6. The molecule has 0 heterocycles. The van der Waals surface area contributed by atoms with Gasteiger partial charge in [0.2, 0.25) is 0 Å². The van der Waals surface area contributed by atoms with Gasteiger partial charge >= 0.3 is 17.9 Å². The minimum absolute atomic E-state index is 0.114. The zero-order chi connectivity index (χ0) is 44.4. The fourth-order valence-corrected chi connectivity index (χ4v) is 5.98. The van der Waals surface area contributed by atoms with Crippen molar-refractivity contribution in [2.24, 2.45) is 0 Å². The SMILES string of the molecule is CC\C=C/C=C\C=C/C=C\C=C/CCCCCC(=O)OC(COC(=O)CCCCCC/C=C\CCCC)COC(=O)CCCCCCC\C=C/C=C\C=C/C=C\CCCCC. The van der Waals surface area contributed by atoms with Gasteiger partial charge in [-0.3, -0.25) is 14.4 Å². The van der Waals surface area contributed by atoms with Crippen molar-refractivity contribution in [1.82, 2.24) is 0 Å². The Kier molecular flexibility index (Phi) is 45.1. The number of hydrogen-bond donors (Lipinski definition) is 0. The second-order valence-electron chi connectivity index (χ2n) is 15.5. The monoisotopic (exact) mass is 843 g/mol. The molecule has 61 heavy (non-hydrogen) atoms. The van der Waals surface area contributed by atoms with E-state index in [0.29, 0.717) is 19.3 Å². The summed E-state index contributed by atoms with van der Waals surface area (Å²) in [5, 5.41) is 0. The van der Waals surface area contributed by atoms with Gasteiger partial charge in [-0.2, -0.15) is 0 Å². The van der Waals surface area contributed by atoms with Gasteiger partial charge in [0.05, 0.1) is 0 Å². The molecule has 0 aliphatic heterocycles. The van der Waals surface area contributed by atoms with Crippen LogP contribution < -0.4 is 0 Å². The van der Waals surface area contributed by atoms with Crippen LogP contribution in [0, 0.1) is 0 Å². The van der Waals surface area contributed by atoms with Gasteiger partial charge in [0, 0.05) is 19.3 Å². The smallest absolute Gasteiger partial charge is 0.306 e. The topological polar surface area (TPSA) is 78.9 Å². The first kappa shape index (κ1) is 56.8. The van der Waals surface area contributed by atoms with E-state index in [9.17, 15) is 14.4 Å². The molecule has 0 aromatic heterocycles. The fraction of sp³-hybridized carbons (Fsp3) is 0.582. The minimum Gasteiger partial charge on any atom is -0.462 e. The lowest BCUT2D eigenvalue weighted by Gasteiger charge is -2.18. The van der Waals surface area contributed by atoms with Crippen molar-refractivity contribution < 1.29 is 28.6 Å². The van der Waals surface area contributed by atoms with E-state index in [1.165, 1.54) is 32.1 Å². The molecule has 342 valence electrons. The van der Waals surface area contributed by atoms with E-state index >= 15 is 0 Å². The number of allylic oxidation sites excluding steroid dienone is 20. The van der Waals surface area contributed by atoms with Crippen LogP contribution in [-0.4, -0.2) is 37.2 Å². The van der Waals surface area contributed by atoms with Crippen LogP contribution in [0.4, 0.5) is 0 Å². The summed E-state index contributed by atoms with van der Waals surface area (Å²) < 4.78 is 16.7. The second-order valence-corrected chi connectivity index (χ2v) is 15.5. The number of ether oxygens (including phenoxy) is 3. The maximum absolute atomic E-state index is 12.7. The largest absolute Gasteiger partial charge is 0.462 e. The van der Waals surface area contributed by atoms with E-state index in [1.807, 2.05) is 48.6 Å². The molecule has 0 fully saturated rings. The first-order valence-electron chi connectivity index (χ1n) is 24.2. The van der Waals surface area contributed by atoms with Crippen molar-refractivity contribution in [3.63, 3.8) is 0 Å². The van der Waals surface area contributed by atoms with E-state index in [1.54, 1.807) is 0 Å². The third-order valence-electron chi connectivity index (χ3n) is 9.64. The number of carbonyl (C=O) groups excluding carboxylic acids is 3. The summed E-state index contributed by atoms with van der Waals surface area (Å²) in [6, 6.07) is 0. The molecule has 0 aliphatic carbocycles. The van der Waals surface area contributed by atoms with Gasteiger partial charge in [0.1, 0.15) is 13.2 Å². The predicted molar refractivity (Wildman–Crippen MR) is 260 cm³/mol. The minimum atomic E-state index is -0.817. The van der Waals surface area contributed by atoms with Gasteiger partial charge in [-0.1, -0.05) is 206 Å². The molecule has 6 heteroatoms. The lowest BCUT2D eigenvalue weighted by Crippen LogP contribution is -2.30. The van der Waals surface area contributed by atoms with E-state index in [2.05, 4.69) is 93.7 Å². The van der Waals surface area contributed by atoms with Crippen LogP contribution in [0.5, 0.6) is 0 Å². The van der Waals surface area contributed by atoms with Gasteiger partial charge in [0.25, 0.3) is 0 Å². The number of carbonyl (C=O) groups is 3. The van der Waals surface area contributed by atoms with Crippen molar-refractivity contribution in [3.05, 3.63) is 122 Å². The standard InChI is InChI=1S/C55H86O6/c1-4-7-10-13-16-19-22-24-26-27-28-30-31-33-36-39-42-45-48-54(57)60-51-52(50-59-53(56)47-44-41-38-35-21-18-15-12-9-6-3)61-55(58)49-46-43-40-37-34-32-29-25-23-20-17-14-11-8-5-2/h8,11,14-20,22-30,32,34,52H,4-7,9-10,12-13,21,31,33,35-51H2,1-3H3/b11-8-,17-14-,18-15-,19-16-,23-20-,24-22-,27-26-,29-25-,30-28-,34-32-. The highest BCUT2D eigenvalue weighted by molar-refractivity contribution is 5.71. The third-order valence-corrected chi connectivity index (χ3v) is 9.64. The van der Waals surface area contributed by atoms with Crippen LogP contribution >= 0.6 is 0 Å². The molecule has 0 saturated heterocycles.